The Hall–Kier alpha value is -2.19. The summed E-state index contributed by atoms with van der Waals surface area (Å²) in [5.74, 6) is -2.03. The van der Waals surface area contributed by atoms with Crippen LogP contribution in [0.3, 0.4) is 0 Å². The Bertz CT molecular complexity index is 489. The van der Waals surface area contributed by atoms with E-state index in [-0.39, 0.29) is 37.6 Å². The van der Waals surface area contributed by atoms with Crippen LogP contribution in [0.5, 0.6) is 0 Å². The van der Waals surface area contributed by atoms with Gasteiger partial charge in [-0.15, -0.1) is 0 Å². The number of anilines is 1. The van der Waals surface area contributed by atoms with E-state index < -0.39 is 17.8 Å². The molecule has 0 bridgehead atoms. The minimum atomic E-state index is -1.25. The minimum Gasteiger partial charge on any atom is -0.478 e. The van der Waals surface area contributed by atoms with Crippen LogP contribution < -0.4 is 5.32 Å². The lowest BCUT2D eigenvalue weighted by Crippen LogP contribution is -2.39. The van der Waals surface area contributed by atoms with Crippen LogP contribution >= 0.6 is 0 Å². The number of halogens is 1. The third kappa shape index (κ3) is 4.18. The van der Waals surface area contributed by atoms with Crippen molar-refractivity contribution in [3.05, 3.63) is 29.6 Å². The molecule has 0 heterocycles. The van der Waals surface area contributed by atoms with Gasteiger partial charge in [0, 0.05) is 13.1 Å². The molecule has 4 N–H and O–H groups in total. The van der Waals surface area contributed by atoms with Gasteiger partial charge in [0.15, 0.2) is 0 Å². The Balaban J connectivity index is 2.87. The molecule has 0 atom stereocenters. The number of carboxylic acids is 1. The van der Waals surface area contributed by atoms with Crippen LogP contribution in [0.2, 0.25) is 0 Å². The van der Waals surface area contributed by atoms with E-state index in [0.717, 1.165) is 23.1 Å². The average Bonchev–Trinajstić information content (AvgIpc) is 2.40. The lowest BCUT2D eigenvalue weighted by Gasteiger charge is -2.21. The second-order valence-electron chi connectivity index (χ2n) is 3.86. The van der Waals surface area contributed by atoms with Gasteiger partial charge in [0.25, 0.3) is 0 Å². The number of nitrogens with one attached hydrogen (secondary N) is 1. The summed E-state index contributed by atoms with van der Waals surface area (Å²) in [5.41, 5.74) is -0.451. The van der Waals surface area contributed by atoms with Gasteiger partial charge in [0.1, 0.15) is 5.82 Å². The maximum Gasteiger partial charge on any atom is 0.335 e. The van der Waals surface area contributed by atoms with Gasteiger partial charge in [-0.25, -0.2) is 14.0 Å². The zero-order valence-corrected chi connectivity index (χ0v) is 10.5. The SMILES string of the molecule is O=C(O)c1ccc(F)c(NC(=O)N(CCO)CCO)c1. The van der Waals surface area contributed by atoms with Crippen molar-refractivity contribution in [1.82, 2.24) is 4.90 Å². The van der Waals surface area contributed by atoms with Crippen LogP contribution in [0.1, 0.15) is 10.4 Å². The molecule has 0 saturated carbocycles. The summed E-state index contributed by atoms with van der Waals surface area (Å²) in [4.78, 5) is 23.7. The number of aromatic carboxylic acids is 1. The maximum atomic E-state index is 13.5. The Morgan fingerprint density at radius 1 is 1.20 bits per heavy atom. The van der Waals surface area contributed by atoms with Gasteiger partial charge in [-0.3, -0.25) is 0 Å². The summed E-state index contributed by atoms with van der Waals surface area (Å²) in [6.07, 6.45) is 0. The number of amides is 2. The van der Waals surface area contributed by atoms with Crippen molar-refractivity contribution in [3.8, 4) is 0 Å². The molecule has 0 aliphatic carbocycles. The van der Waals surface area contributed by atoms with Gasteiger partial charge in [-0.2, -0.15) is 0 Å². The van der Waals surface area contributed by atoms with Crippen LogP contribution in [0.4, 0.5) is 14.9 Å². The normalized spacial score (nSPS) is 10.2. The van der Waals surface area contributed by atoms with Crippen molar-refractivity contribution < 1.29 is 29.3 Å². The van der Waals surface area contributed by atoms with Gasteiger partial charge in [0.05, 0.1) is 24.5 Å². The highest BCUT2D eigenvalue weighted by Gasteiger charge is 2.15. The van der Waals surface area contributed by atoms with Crippen molar-refractivity contribution in [2.24, 2.45) is 0 Å². The predicted molar refractivity (Wildman–Crippen MR) is 68.1 cm³/mol. The zero-order chi connectivity index (χ0) is 15.1. The summed E-state index contributed by atoms with van der Waals surface area (Å²) in [6.45, 7) is -0.699. The molecule has 20 heavy (non-hydrogen) atoms. The summed E-state index contributed by atoms with van der Waals surface area (Å²) in [6, 6.07) is 2.26. The largest absolute Gasteiger partial charge is 0.478 e. The lowest BCUT2D eigenvalue weighted by molar-refractivity contribution is 0.0697. The molecule has 2 amide bonds. The lowest BCUT2D eigenvalue weighted by atomic mass is 10.2. The van der Waals surface area contributed by atoms with E-state index in [1.54, 1.807) is 0 Å². The quantitative estimate of drug-likeness (QED) is 0.603. The van der Waals surface area contributed by atoms with Crippen LogP contribution in [-0.4, -0.2) is 58.5 Å². The molecule has 110 valence electrons. The van der Waals surface area contributed by atoms with Gasteiger partial charge in [-0.05, 0) is 18.2 Å². The first-order chi connectivity index (χ1) is 9.49. The fourth-order valence-corrected chi connectivity index (χ4v) is 1.50. The number of urea groups is 1. The van der Waals surface area contributed by atoms with Gasteiger partial charge in [-0.1, -0.05) is 0 Å². The molecule has 0 fully saturated rings. The van der Waals surface area contributed by atoms with Crippen molar-refractivity contribution in [3.63, 3.8) is 0 Å². The van der Waals surface area contributed by atoms with Gasteiger partial charge < -0.3 is 25.5 Å². The van der Waals surface area contributed by atoms with E-state index >= 15 is 0 Å². The number of carboxylic acid groups (broad SMARTS) is 1. The molecule has 8 heteroatoms. The van der Waals surface area contributed by atoms with E-state index in [0.29, 0.717) is 0 Å². The molecule has 7 nitrogen and oxygen atoms in total. The van der Waals surface area contributed by atoms with Crippen molar-refractivity contribution in [1.29, 1.82) is 0 Å². The summed E-state index contributed by atoms with van der Waals surface area (Å²) in [5, 5.41) is 28.6. The minimum absolute atomic E-state index is 0.0351. The highest BCUT2D eigenvalue weighted by atomic mass is 19.1. The molecule has 1 aromatic rings. The van der Waals surface area contributed by atoms with Gasteiger partial charge in [0.2, 0.25) is 0 Å². The first-order valence-electron chi connectivity index (χ1n) is 5.80. The Labute approximate surface area is 114 Å². The zero-order valence-electron chi connectivity index (χ0n) is 10.5. The number of aliphatic hydroxyl groups is 2. The molecule has 0 unspecified atom stereocenters. The number of hydrogen-bond donors (Lipinski definition) is 4. The van der Waals surface area contributed by atoms with E-state index in [1.165, 1.54) is 0 Å². The number of benzene rings is 1. The van der Waals surface area contributed by atoms with Crippen LogP contribution in [0.25, 0.3) is 0 Å². The second-order valence-corrected chi connectivity index (χ2v) is 3.86. The summed E-state index contributed by atoms with van der Waals surface area (Å²) in [7, 11) is 0. The van der Waals surface area contributed by atoms with E-state index in [9.17, 15) is 14.0 Å². The van der Waals surface area contributed by atoms with E-state index in [2.05, 4.69) is 5.32 Å². The molecule has 1 aromatic carbocycles. The summed E-state index contributed by atoms with van der Waals surface area (Å²) >= 11 is 0. The predicted octanol–water partition coefficient (Wildman–Crippen LogP) is 0.342. The molecule has 1 rings (SSSR count). The standard InChI is InChI=1S/C12H15FN2O5/c13-9-2-1-8(11(18)19)7-10(9)14-12(20)15(3-5-16)4-6-17/h1-2,7,16-17H,3-6H2,(H,14,20)(H,18,19). The molecule has 0 aliphatic rings. The Morgan fingerprint density at radius 2 is 1.80 bits per heavy atom. The van der Waals surface area contributed by atoms with Crippen LogP contribution in [-0.2, 0) is 0 Å². The van der Waals surface area contributed by atoms with Crippen LogP contribution in [0.15, 0.2) is 18.2 Å². The molecule has 0 aromatic heterocycles. The molecule has 0 radical (unpaired) electrons. The molecular weight excluding hydrogens is 271 g/mol. The second kappa shape index (κ2) is 7.41. The van der Waals surface area contributed by atoms with Crippen molar-refractivity contribution in [2.45, 2.75) is 0 Å². The molecule has 0 saturated heterocycles. The molecule has 0 aliphatic heterocycles. The van der Waals surface area contributed by atoms with E-state index in [1.807, 2.05) is 0 Å². The Morgan fingerprint density at radius 3 is 2.30 bits per heavy atom. The van der Waals surface area contributed by atoms with Gasteiger partial charge >= 0.3 is 12.0 Å². The average molecular weight is 286 g/mol. The number of carbonyl (C=O) groups is 2. The third-order valence-electron chi connectivity index (χ3n) is 2.48. The molecule has 0 spiro atoms. The topological polar surface area (TPSA) is 110 Å². The highest BCUT2D eigenvalue weighted by Crippen LogP contribution is 2.16. The smallest absolute Gasteiger partial charge is 0.335 e. The summed E-state index contributed by atoms with van der Waals surface area (Å²) < 4.78 is 13.5. The fourth-order valence-electron chi connectivity index (χ4n) is 1.50. The first kappa shape index (κ1) is 15.9. The highest BCUT2D eigenvalue weighted by molar-refractivity contribution is 5.93. The van der Waals surface area contributed by atoms with E-state index in [4.69, 9.17) is 15.3 Å². The molecular formula is C12H15FN2O5. The number of hydrogen-bond acceptors (Lipinski definition) is 4. The maximum absolute atomic E-state index is 13.5. The number of carbonyl (C=O) groups excluding carboxylic acids is 1. The Kier molecular flexibility index (Phi) is 5.88. The van der Waals surface area contributed by atoms with Crippen LogP contribution in [0, 0.1) is 5.82 Å². The fraction of sp³-hybridized carbons (Fsp3) is 0.333. The number of nitrogens with zero attached hydrogens (tertiary/aromatic N) is 1. The number of aliphatic hydroxyl groups excluding tert-OH is 2. The number of rotatable bonds is 6. The monoisotopic (exact) mass is 286 g/mol. The third-order valence-corrected chi connectivity index (χ3v) is 2.48. The van der Waals surface area contributed by atoms with Crippen molar-refractivity contribution in [2.75, 3.05) is 31.6 Å². The van der Waals surface area contributed by atoms with Crippen molar-refractivity contribution >= 4 is 17.7 Å². The first-order valence-corrected chi connectivity index (χ1v) is 5.80.